The molecule has 0 aliphatic rings. The summed E-state index contributed by atoms with van der Waals surface area (Å²) in [6.45, 7) is 0. The lowest BCUT2D eigenvalue weighted by Gasteiger charge is -2.11. The van der Waals surface area contributed by atoms with Gasteiger partial charge in [0.25, 0.3) is 5.91 Å². The molecule has 4 heterocycles. The molecular weight excluding hydrogens is 628 g/mol. The summed E-state index contributed by atoms with van der Waals surface area (Å²) in [7, 11) is 6.38. The van der Waals surface area contributed by atoms with E-state index in [2.05, 4.69) is 36.1 Å². The molecule has 0 N–H and O–H groups in total. The average Bonchev–Trinajstić information content (AvgIpc) is 3.55. The van der Waals surface area contributed by atoms with Crippen LogP contribution in [0, 0.1) is 0 Å². The quantitative estimate of drug-likeness (QED) is 0.174. The van der Waals surface area contributed by atoms with Crippen LogP contribution in [0.15, 0.2) is 65.9 Å². The summed E-state index contributed by atoms with van der Waals surface area (Å²) >= 11 is 2.98. The average molecular weight is 650 g/mol. The van der Waals surface area contributed by atoms with Crippen LogP contribution < -0.4 is 0 Å². The molecule has 0 aliphatic carbocycles. The minimum Gasteiger partial charge on any atom is -0.288 e. The smallest absolute Gasteiger partial charge is 0.288 e. The number of nitrogens with zero attached hydrogens (tertiary/aromatic N) is 7. The molecule has 0 radical (unpaired) electrons. The first kappa shape index (κ1) is 33.1. The maximum absolute atomic E-state index is 12.3. The number of amides is 1. The number of alkyl halides is 6. The molecule has 0 saturated heterocycles. The van der Waals surface area contributed by atoms with Crippen molar-refractivity contribution < 1.29 is 40.8 Å². The largest absolute Gasteiger partial charge is 0.433 e. The van der Waals surface area contributed by atoms with E-state index < -0.39 is 29.5 Å². The van der Waals surface area contributed by atoms with Crippen molar-refractivity contribution in [3.05, 3.63) is 94.0 Å². The van der Waals surface area contributed by atoms with E-state index in [0.29, 0.717) is 15.6 Å². The third-order valence-corrected chi connectivity index (χ3v) is 5.28. The number of pyridine rings is 2. The Morgan fingerprint density at radius 1 is 0.780 bits per heavy atom. The first-order valence-electron chi connectivity index (χ1n) is 11.1. The van der Waals surface area contributed by atoms with Crippen LogP contribution >= 0.6 is 15.9 Å². The van der Waals surface area contributed by atoms with Crippen LogP contribution in [0.25, 0.3) is 0 Å². The molecule has 0 atom stereocenters. The Hall–Kier alpha value is -4.12. The molecule has 0 bridgehead atoms. The standard InChI is InChI=1S/C11H8F3N3O.C7H11N3O2.C6H3BrF3N/c1-17-6-8(5-16-17)10(18)7-2-3-9(15-4-7)11(12,13)14;1-9-5-6(4-8-9)7(11)10(2)12-3;7-4-1-2-5(11-3-4)6(8,9)10/h2-6H,1H3;4-5H,1-3H3;1-3H. The van der Waals surface area contributed by atoms with Gasteiger partial charge in [0.15, 0.2) is 5.78 Å². The summed E-state index contributed by atoms with van der Waals surface area (Å²) in [5.41, 5.74) is -0.983. The summed E-state index contributed by atoms with van der Waals surface area (Å²) in [4.78, 5) is 34.3. The molecule has 0 fully saturated rings. The van der Waals surface area contributed by atoms with Crippen LogP contribution in [0.4, 0.5) is 26.3 Å². The Kier molecular flexibility index (Phi) is 11.3. The highest BCUT2D eigenvalue weighted by atomic mass is 79.9. The molecule has 0 unspecified atom stereocenters. The molecule has 0 aliphatic heterocycles. The number of aryl methyl sites for hydroxylation is 2. The molecule has 0 aromatic carbocycles. The van der Waals surface area contributed by atoms with E-state index in [-0.39, 0.29) is 11.5 Å². The molecular formula is C24H22BrF6N7O3. The maximum Gasteiger partial charge on any atom is 0.433 e. The van der Waals surface area contributed by atoms with E-state index in [1.807, 2.05) is 0 Å². The van der Waals surface area contributed by atoms with E-state index in [1.165, 1.54) is 36.4 Å². The van der Waals surface area contributed by atoms with Gasteiger partial charge < -0.3 is 0 Å². The number of hydrogen-bond donors (Lipinski definition) is 0. The third-order valence-electron chi connectivity index (χ3n) is 4.81. The molecule has 41 heavy (non-hydrogen) atoms. The Morgan fingerprint density at radius 2 is 1.27 bits per heavy atom. The second kappa shape index (κ2) is 14.0. The van der Waals surface area contributed by atoms with Crippen molar-refractivity contribution in [2.24, 2.45) is 14.1 Å². The molecule has 4 aromatic rings. The Labute approximate surface area is 237 Å². The number of carbonyl (C=O) groups is 2. The summed E-state index contributed by atoms with van der Waals surface area (Å²) in [6.07, 6.45) is -0.854. The van der Waals surface area contributed by atoms with Crippen molar-refractivity contribution >= 4 is 27.6 Å². The van der Waals surface area contributed by atoms with Crippen LogP contribution in [-0.4, -0.2) is 60.4 Å². The first-order chi connectivity index (χ1) is 19.0. The fourth-order valence-electron chi connectivity index (χ4n) is 2.74. The third kappa shape index (κ3) is 10.1. The Morgan fingerprint density at radius 3 is 1.63 bits per heavy atom. The van der Waals surface area contributed by atoms with Gasteiger partial charge >= 0.3 is 12.4 Å². The predicted octanol–water partition coefficient (Wildman–Crippen LogP) is 4.98. The van der Waals surface area contributed by atoms with E-state index in [4.69, 9.17) is 4.84 Å². The summed E-state index contributed by atoms with van der Waals surface area (Å²) in [6, 6.07) is 4.11. The minimum atomic E-state index is -4.50. The number of hydrogen-bond acceptors (Lipinski definition) is 7. The first-order valence-corrected chi connectivity index (χ1v) is 11.9. The van der Waals surface area contributed by atoms with E-state index in [1.54, 1.807) is 32.0 Å². The second-order valence-electron chi connectivity index (χ2n) is 7.91. The van der Waals surface area contributed by atoms with E-state index in [9.17, 15) is 35.9 Å². The zero-order valence-corrected chi connectivity index (χ0v) is 23.4. The minimum absolute atomic E-state index is 0.0935. The van der Waals surface area contributed by atoms with Crippen LogP contribution in [0.2, 0.25) is 0 Å². The number of rotatable bonds is 4. The predicted molar refractivity (Wildman–Crippen MR) is 135 cm³/mol. The highest BCUT2D eigenvalue weighted by molar-refractivity contribution is 9.10. The molecule has 10 nitrogen and oxygen atoms in total. The Bertz CT molecular complexity index is 1440. The van der Waals surface area contributed by atoms with Gasteiger partial charge in [0.05, 0.1) is 30.6 Å². The second-order valence-corrected chi connectivity index (χ2v) is 8.82. The number of aromatic nitrogens is 6. The van der Waals surface area contributed by atoms with Crippen molar-refractivity contribution in [2.75, 3.05) is 14.2 Å². The molecule has 0 spiro atoms. The van der Waals surface area contributed by atoms with Gasteiger partial charge in [-0.2, -0.15) is 36.5 Å². The van der Waals surface area contributed by atoms with Crippen molar-refractivity contribution in [3.8, 4) is 0 Å². The molecule has 4 aromatic heterocycles. The summed E-state index contributed by atoms with van der Waals surface area (Å²) in [5.74, 6) is -0.616. The number of ketones is 1. The number of carbonyl (C=O) groups excluding carboxylic acids is 2. The van der Waals surface area contributed by atoms with Gasteiger partial charge in [0, 0.05) is 56.0 Å². The lowest BCUT2D eigenvalue weighted by molar-refractivity contribution is -0.142. The number of halogens is 7. The lowest BCUT2D eigenvalue weighted by Crippen LogP contribution is -2.24. The van der Waals surface area contributed by atoms with Crippen molar-refractivity contribution in [1.82, 2.24) is 34.6 Å². The van der Waals surface area contributed by atoms with E-state index >= 15 is 0 Å². The highest BCUT2D eigenvalue weighted by Crippen LogP contribution is 2.28. The van der Waals surface area contributed by atoms with Crippen LogP contribution in [0.3, 0.4) is 0 Å². The topological polar surface area (TPSA) is 108 Å². The van der Waals surface area contributed by atoms with Gasteiger partial charge in [-0.1, -0.05) is 0 Å². The van der Waals surface area contributed by atoms with Crippen molar-refractivity contribution in [2.45, 2.75) is 12.4 Å². The fraction of sp³-hybridized carbons (Fsp3) is 0.250. The maximum atomic E-state index is 12.3. The van der Waals surface area contributed by atoms with Crippen LogP contribution in [0.5, 0.6) is 0 Å². The summed E-state index contributed by atoms with van der Waals surface area (Å²) < 4.78 is 75.9. The fourth-order valence-corrected chi connectivity index (χ4v) is 2.98. The summed E-state index contributed by atoms with van der Waals surface area (Å²) in [5, 5.41) is 8.83. The lowest BCUT2D eigenvalue weighted by atomic mass is 10.1. The van der Waals surface area contributed by atoms with Crippen molar-refractivity contribution in [3.63, 3.8) is 0 Å². The molecule has 0 saturated carbocycles. The van der Waals surface area contributed by atoms with Crippen molar-refractivity contribution in [1.29, 1.82) is 0 Å². The molecule has 220 valence electrons. The van der Waals surface area contributed by atoms with Gasteiger partial charge in [-0.25, -0.2) is 5.06 Å². The molecule has 17 heteroatoms. The monoisotopic (exact) mass is 649 g/mol. The van der Waals surface area contributed by atoms with Gasteiger partial charge in [-0.05, 0) is 40.2 Å². The normalized spacial score (nSPS) is 11.1. The molecule has 1 amide bonds. The van der Waals surface area contributed by atoms with Crippen LogP contribution in [0.1, 0.15) is 37.7 Å². The Balaban J connectivity index is 0.000000225. The van der Waals surface area contributed by atoms with Gasteiger partial charge in [0.2, 0.25) is 0 Å². The zero-order valence-electron chi connectivity index (χ0n) is 21.8. The van der Waals surface area contributed by atoms with Gasteiger partial charge in [0.1, 0.15) is 11.4 Å². The highest BCUT2D eigenvalue weighted by Gasteiger charge is 2.32. The SMILES string of the molecule is CON(C)C(=O)c1cnn(C)c1.Cn1cc(C(=O)c2ccc(C(F)(F)F)nc2)cn1.FC(F)(F)c1ccc(Br)cn1. The van der Waals surface area contributed by atoms with Crippen LogP contribution in [-0.2, 0) is 31.3 Å². The zero-order chi connectivity index (χ0) is 31.0. The van der Waals surface area contributed by atoms with Gasteiger partial charge in [-0.3, -0.25) is 33.8 Å². The van der Waals surface area contributed by atoms with Gasteiger partial charge in [-0.15, -0.1) is 0 Å². The number of hydroxylamine groups is 2. The van der Waals surface area contributed by atoms with E-state index in [0.717, 1.165) is 35.7 Å². The molecule has 4 rings (SSSR count).